The average Bonchev–Trinajstić information content (AvgIpc) is 2.27. The minimum atomic E-state index is -0.0403. The molecule has 0 saturated carbocycles. The topological polar surface area (TPSA) is 59.2 Å². The maximum absolute atomic E-state index is 12.3. The van der Waals surface area contributed by atoms with Crippen LogP contribution in [0.5, 0.6) is 0 Å². The van der Waals surface area contributed by atoms with Crippen LogP contribution in [0.4, 0.5) is 5.69 Å². The fourth-order valence-corrected chi connectivity index (χ4v) is 2.57. The molecular weight excluding hydrogens is 214 g/mol. The van der Waals surface area contributed by atoms with Crippen LogP contribution < -0.4 is 5.73 Å². The Labute approximate surface area is 102 Å². The third-order valence-electron chi connectivity index (χ3n) is 3.20. The SMILES string of the molecule is CC1CC(C)CN(C(=O)c2ncccc2N)C1. The Hall–Kier alpha value is -1.58. The quantitative estimate of drug-likeness (QED) is 0.804. The lowest BCUT2D eigenvalue weighted by molar-refractivity contribution is 0.0618. The van der Waals surface area contributed by atoms with Gasteiger partial charge in [0.25, 0.3) is 5.91 Å². The number of carbonyl (C=O) groups is 1. The van der Waals surface area contributed by atoms with Crippen LogP contribution in [0, 0.1) is 11.8 Å². The number of piperidine rings is 1. The van der Waals surface area contributed by atoms with E-state index in [1.807, 2.05) is 4.90 Å². The maximum atomic E-state index is 12.3. The first-order chi connectivity index (χ1) is 8.08. The molecule has 2 unspecified atom stereocenters. The van der Waals surface area contributed by atoms with Crippen molar-refractivity contribution in [2.45, 2.75) is 20.3 Å². The number of amides is 1. The first-order valence-corrected chi connectivity index (χ1v) is 6.07. The fraction of sp³-hybridized carbons (Fsp3) is 0.538. The second kappa shape index (κ2) is 4.73. The minimum Gasteiger partial charge on any atom is -0.397 e. The third-order valence-corrected chi connectivity index (χ3v) is 3.20. The van der Waals surface area contributed by atoms with Gasteiger partial charge < -0.3 is 10.6 Å². The summed E-state index contributed by atoms with van der Waals surface area (Å²) in [5, 5.41) is 0. The number of nitrogens with two attached hydrogens (primary N) is 1. The predicted molar refractivity (Wildman–Crippen MR) is 67.5 cm³/mol. The van der Waals surface area contributed by atoms with E-state index in [2.05, 4.69) is 18.8 Å². The molecule has 4 nitrogen and oxygen atoms in total. The molecule has 92 valence electrons. The van der Waals surface area contributed by atoms with E-state index in [1.165, 1.54) is 6.42 Å². The molecule has 0 bridgehead atoms. The number of anilines is 1. The lowest BCUT2D eigenvalue weighted by atomic mass is 9.91. The Balaban J connectivity index is 2.17. The standard InChI is InChI=1S/C13H19N3O/c1-9-6-10(2)8-16(7-9)13(17)12-11(14)4-3-5-15-12/h3-5,9-10H,6-8,14H2,1-2H3. The summed E-state index contributed by atoms with van der Waals surface area (Å²) in [6, 6.07) is 3.46. The van der Waals surface area contributed by atoms with Crippen molar-refractivity contribution in [1.82, 2.24) is 9.88 Å². The highest BCUT2D eigenvalue weighted by Crippen LogP contribution is 2.23. The molecule has 1 amide bonds. The lowest BCUT2D eigenvalue weighted by Crippen LogP contribution is -2.43. The van der Waals surface area contributed by atoms with Gasteiger partial charge in [0.1, 0.15) is 0 Å². The Kier molecular flexibility index (Phi) is 3.31. The number of hydrogen-bond donors (Lipinski definition) is 1. The van der Waals surface area contributed by atoms with E-state index in [1.54, 1.807) is 18.3 Å². The highest BCUT2D eigenvalue weighted by molar-refractivity contribution is 5.97. The zero-order valence-corrected chi connectivity index (χ0v) is 10.4. The second-order valence-corrected chi connectivity index (χ2v) is 5.10. The van der Waals surface area contributed by atoms with E-state index in [-0.39, 0.29) is 5.91 Å². The molecule has 1 aromatic heterocycles. The van der Waals surface area contributed by atoms with Crippen molar-refractivity contribution in [3.63, 3.8) is 0 Å². The van der Waals surface area contributed by atoms with Crippen LogP contribution in [-0.2, 0) is 0 Å². The zero-order valence-electron chi connectivity index (χ0n) is 10.4. The number of likely N-dealkylation sites (tertiary alicyclic amines) is 1. The number of pyridine rings is 1. The molecule has 2 atom stereocenters. The first-order valence-electron chi connectivity index (χ1n) is 6.07. The summed E-state index contributed by atoms with van der Waals surface area (Å²) in [5.41, 5.74) is 6.63. The summed E-state index contributed by atoms with van der Waals surface area (Å²) in [7, 11) is 0. The van der Waals surface area contributed by atoms with Gasteiger partial charge in [-0.3, -0.25) is 4.79 Å². The molecule has 1 fully saturated rings. The molecule has 2 N–H and O–H groups in total. The van der Waals surface area contributed by atoms with E-state index in [9.17, 15) is 4.79 Å². The van der Waals surface area contributed by atoms with Crippen LogP contribution >= 0.6 is 0 Å². The van der Waals surface area contributed by atoms with Gasteiger partial charge in [-0.05, 0) is 30.4 Å². The summed E-state index contributed by atoms with van der Waals surface area (Å²) in [5.74, 6) is 1.06. The number of rotatable bonds is 1. The number of carbonyl (C=O) groups excluding carboxylic acids is 1. The highest BCUT2D eigenvalue weighted by Gasteiger charge is 2.27. The predicted octanol–water partition coefficient (Wildman–Crippen LogP) is 1.78. The molecule has 0 spiro atoms. The number of aromatic nitrogens is 1. The smallest absolute Gasteiger partial charge is 0.274 e. The maximum Gasteiger partial charge on any atom is 0.274 e. The van der Waals surface area contributed by atoms with Crippen molar-refractivity contribution < 1.29 is 4.79 Å². The molecule has 17 heavy (non-hydrogen) atoms. The summed E-state index contributed by atoms with van der Waals surface area (Å²) >= 11 is 0. The molecular formula is C13H19N3O. The zero-order chi connectivity index (χ0) is 12.4. The van der Waals surface area contributed by atoms with Crippen LogP contribution in [0.3, 0.4) is 0 Å². The van der Waals surface area contributed by atoms with E-state index < -0.39 is 0 Å². The largest absolute Gasteiger partial charge is 0.397 e. The van der Waals surface area contributed by atoms with E-state index in [0.717, 1.165) is 13.1 Å². The van der Waals surface area contributed by atoms with Crippen molar-refractivity contribution >= 4 is 11.6 Å². The average molecular weight is 233 g/mol. The van der Waals surface area contributed by atoms with E-state index in [0.29, 0.717) is 23.2 Å². The molecule has 0 aromatic carbocycles. The molecule has 4 heteroatoms. The van der Waals surface area contributed by atoms with Crippen molar-refractivity contribution in [2.75, 3.05) is 18.8 Å². The molecule has 1 aliphatic heterocycles. The van der Waals surface area contributed by atoms with Gasteiger partial charge in [-0.25, -0.2) is 4.98 Å². The van der Waals surface area contributed by atoms with Crippen LogP contribution in [-0.4, -0.2) is 28.9 Å². The summed E-state index contributed by atoms with van der Waals surface area (Å²) in [6.07, 6.45) is 2.79. The van der Waals surface area contributed by atoms with E-state index >= 15 is 0 Å². The Morgan fingerprint density at radius 1 is 1.41 bits per heavy atom. The number of nitrogens with zero attached hydrogens (tertiary/aromatic N) is 2. The van der Waals surface area contributed by atoms with E-state index in [4.69, 9.17) is 5.73 Å². The van der Waals surface area contributed by atoms with Gasteiger partial charge in [-0.15, -0.1) is 0 Å². The normalized spacial score (nSPS) is 24.7. The van der Waals surface area contributed by atoms with Crippen molar-refractivity contribution in [2.24, 2.45) is 11.8 Å². The Bertz CT molecular complexity index is 409. The van der Waals surface area contributed by atoms with Gasteiger partial charge >= 0.3 is 0 Å². The monoisotopic (exact) mass is 233 g/mol. The van der Waals surface area contributed by atoms with Crippen molar-refractivity contribution in [3.8, 4) is 0 Å². The highest BCUT2D eigenvalue weighted by atomic mass is 16.2. The number of nitrogen functional groups attached to an aromatic ring is 1. The summed E-state index contributed by atoms with van der Waals surface area (Å²) in [4.78, 5) is 18.3. The van der Waals surface area contributed by atoms with Gasteiger partial charge in [-0.2, -0.15) is 0 Å². The third kappa shape index (κ3) is 2.57. The molecule has 2 rings (SSSR count). The summed E-state index contributed by atoms with van der Waals surface area (Å²) in [6.45, 7) is 5.97. The lowest BCUT2D eigenvalue weighted by Gasteiger charge is -2.34. The van der Waals surface area contributed by atoms with Crippen LogP contribution in [0.15, 0.2) is 18.3 Å². The number of hydrogen-bond acceptors (Lipinski definition) is 3. The minimum absolute atomic E-state index is 0.0403. The molecule has 0 radical (unpaired) electrons. The molecule has 0 aliphatic carbocycles. The van der Waals surface area contributed by atoms with Crippen molar-refractivity contribution in [3.05, 3.63) is 24.0 Å². The molecule has 1 saturated heterocycles. The van der Waals surface area contributed by atoms with Gasteiger partial charge in [0.05, 0.1) is 5.69 Å². The van der Waals surface area contributed by atoms with Gasteiger partial charge in [-0.1, -0.05) is 13.8 Å². The van der Waals surface area contributed by atoms with Crippen molar-refractivity contribution in [1.29, 1.82) is 0 Å². The van der Waals surface area contributed by atoms with Gasteiger partial charge in [0, 0.05) is 19.3 Å². The summed E-state index contributed by atoms with van der Waals surface area (Å²) < 4.78 is 0. The van der Waals surface area contributed by atoms with Crippen LogP contribution in [0.25, 0.3) is 0 Å². The van der Waals surface area contributed by atoms with Crippen LogP contribution in [0.2, 0.25) is 0 Å². The fourth-order valence-electron chi connectivity index (χ4n) is 2.57. The molecule has 1 aliphatic rings. The first kappa shape index (κ1) is 11.9. The second-order valence-electron chi connectivity index (χ2n) is 5.10. The Morgan fingerprint density at radius 2 is 2.06 bits per heavy atom. The van der Waals surface area contributed by atoms with Crippen LogP contribution in [0.1, 0.15) is 30.8 Å². The van der Waals surface area contributed by atoms with Gasteiger partial charge in [0.2, 0.25) is 0 Å². The molecule has 1 aromatic rings. The Morgan fingerprint density at radius 3 is 2.65 bits per heavy atom. The van der Waals surface area contributed by atoms with Gasteiger partial charge in [0.15, 0.2) is 5.69 Å². The molecule has 2 heterocycles.